The molecule has 0 radical (unpaired) electrons. The minimum Gasteiger partial charge on any atom is -0.494 e. The molecule has 0 bridgehead atoms. The minimum atomic E-state index is 0.775. The molecule has 1 aromatic carbocycles. The maximum atomic E-state index is 5.83. The molecule has 3 rings (SSSR count). The zero-order valence-electron chi connectivity index (χ0n) is 18.8. The van der Waals surface area contributed by atoms with Gasteiger partial charge in [-0.2, -0.15) is 0 Å². The lowest BCUT2D eigenvalue weighted by Gasteiger charge is -2.42. The first-order chi connectivity index (χ1) is 13.7. The Hall–Kier alpha value is -0.980. The predicted octanol–water partition coefficient (Wildman–Crippen LogP) is 8.38. The molecule has 1 nitrogen and oxygen atoms in total. The Morgan fingerprint density at radius 3 is 2.21 bits per heavy atom. The summed E-state index contributed by atoms with van der Waals surface area (Å²) in [7, 11) is 0. The van der Waals surface area contributed by atoms with E-state index in [1.807, 2.05) is 0 Å². The van der Waals surface area contributed by atoms with Gasteiger partial charge < -0.3 is 4.74 Å². The van der Waals surface area contributed by atoms with Gasteiger partial charge in [-0.25, -0.2) is 0 Å². The average Bonchev–Trinajstić information content (AvgIpc) is 2.73. The number of rotatable bonds is 9. The standard InChI is InChI=1S/C27H44O/c1-4-6-8-22-9-18-27(21(3)20-22)25-12-10-23(11-13-25)24-14-16-26(17-15-24)28-19-7-5-2/h14-17,21-23,25,27H,4-13,18-20H2,1-3H3. The molecule has 28 heavy (non-hydrogen) atoms. The molecule has 158 valence electrons. The van der Waals surface area contributed by atoms with Crippen molar-refractivity contribution < 1.29 is 4.74 Å². The molecule has 0 N–H and O–H groups in total. The first-order valence-electron chi connectivity index (χ1n) is 12.4. The highest BCUT2D eigenvalue weighted by Gasteiger charge is 2.35. The number of hydrogen-bond donors (Lipinski definition) is 0. The van der Waals surface area contributed by atoms with Crippen molar-refractivity contribution in [1.82, 2.24) is 0 Å². The van der Waals surface area contributed by atoms with Crippen LogP contribution >= 0.6 is 0 Å². The number of unbranched alkanes of at least 4 members (excludes halogenated alkanes) is 2. The van der Waals surface area contributed by atoms with Crippen LogP contribution in [0.5, 0.6) is 5.75 Å². The van der Waals surface area contributed by atoms with E-state index in [1.165, 1.54) is 76.2 Å². The van der Waals surface area contributed by atoms with Gasteiger partial charge in [-0.05, 0) is 92.2 Å². The van der Waals surface area contributed by atoms with Crippen molar-refractivity contribution in [1.29, 1.82) is 0 Å². The van der Waals surface area contributed by atoms with Crippen LogP contribution in [0.15, 0.2) is 24.3 Å². The number of benzene rings is 1. The van der Waals surface area contributed by atoms with Crippen molar-refractivity contribution in [3.05, 3.63) is 29.8 Å². The third-order valence-electron chi connectivity index (χ3n) is 7.81. The van der Waals surface area contributed by atoms with Gasteiger partial charge in [0.25, 0.3) is 0 Å². The third kappa shape index (κ3) is 6.01. The Morgan fingerprint density at radius 2 is 1.57 bits per heavy atom. The van der Waals surface area contributed by atoms with E-state index in [0.717, 1.165) is 48.4 Å². The summed E-state index contributed by atoms with van der Waals surface area (Å²) in [4.78, 5) is 0. The lowest BCUT2D eigenvalue weighted by Crippen LogP contribution is -2.31. The van der Waals surface area contributed by atoms with Crippen molar-refractivity contribution in [2.75, 3.05) is 6.61 Å². The monoisotopic (exact) mass is 384 g/mol. The number of hydrogen-bond acceptors (Lipinski definition) is 1. The fourth-order valence-corrected chi connectivity index (χ4v) is 6.04. The Kier molecular flexibility index (Phi) is 8.74. The topological polar surface area (TPSA) is 9.23 Å². The van der Waals surface area contributed by atoms with Crippen LogP contribution < -0.4 is 4.74 Å². The Labute approximate surface area is 174 Å². The molecule has 2 fully saturated rings. The van der Waals surface area contributed by atoms with E-state index in [1.54, 1.807) is 0 Å². The molecular formula is C27H44O. The van der Waals surface area contributed by atoms with Crippen molar-refractivity contribution in [3.8, 4) is 5.75 Å². The summed E-state index contributed by atoms with van der Waals surface area (Å²) >= 11 is 0. The van der Waals surface area contributed by atoms with Gasteiger partial charge in [0.2, 0.25) is 0 Å². The van der Waals surface area contributed by atoms with Crippen molar-refractivity contribution in [2.45, 2.75) is 104 Å². The minimum absolute atomic E-state index is 0.775. The van der Waals surface area contributed by atoms with E-state index in [-0.39, 0.29) is 0 Å². The Balaban J connectivity index is 1.44. The maximum Gasteiger partial charge on any atom is 0.119 e. The van der Waals surface area contributed by atoms with Gasteiger partial charge in [0.1, 0.15) is 5.75 Å². The van der Waals surface area contributed by atoms with E-state index in [0.29, 0.717) is 0 Å². The first-order valence-corrected chi connectivity index (χ1v) is 12.4. The van der Waals surface area contributed by atoms with Gasteiger partial charge in [-0.1, -0.05) is 65.0 Å². The molecule has 0 saturated heterocycles. The highest BCUT2D eigenvalue weighted by molar-refractivity contribution is 5.29. The van der Waals surface area contributed by atoms with Gasteiger partial charge in [0.05, 0.1) is 6.61 Å². The van der Waals surface area contributed by atoms with Crippen LogP contribution in [-0.4, -0.2) is 6.61 Å². The van der Waals surface area contributed by atoms with Crippen LogP contribution in [-0.2, 0) is 0 Å². The van der Waals surface area contributed by atoms with E-state index >= 15 is 0 Å². The van der Waals surface area contributed by atoms with Crippen LogP contribution in [0.1, 0.15) is 109 Å². The molecule has 0 spiro atoms. The molecule has 0 heterocycles. The Morgan fingerprint density at radius 1 is 0.857 bits per heavy atom. The summed E-state index contributed by atoms with van der Waals surface area (Å²) in [6.07, 6.45) is 16.8. The smallest absolute Gasteiger partial charge is 0.119 e. The Bertz CT molecular complexity index is 540. The summed E-state index contributed by atoms with van der Waals surface area (Å²) in [6, 6.07) is 9.04. The maximum absolute atomic E-state index is 5.83. The summed E-state index contributed by atoms with van der Waals surface area (Å²) in [6.45, 7) is 7.95. The molecule has 0 aliphatic heterocycles. The van der Waals surface area contributed by atoms with Crippen molar-refractivity contribution >= 4 is 0 Å². The summed E-state index contributed by atoms with van der Waals surface area (Å²) in [5.74, 6) is 5.80. The second-order valence-electron chi connectivity index (χ2n) is 9.85. The molecular weight excluding hydrogens is 340 g/mol. The second kappa shape index (κ2) is 11.3. The van der Waals surface area contributed by atoms with Gasteiger partial charge in [-0.3, -0.25) is 0 Å². The van der Waals surface area contributed by atoms with Gasteiger partial charge in [0, 0.05) is 0 Å². The fraction of sp³-hybridized carbons (Fsp3) is 0.778. The van der Waals surface area contributed by atoms with Gasteiger partial charge >= 0.3 is 0 Å². The zero-order chi connectivity index (χ0) is 19.8. The molecule has 3 atom stereocenters. The lowest BCUT2D eigenvalue weighted by molar-refractivity contribution is 0.102. The van der Waals surface area contributed by atoms with E-state index in [9.17, 15) is 0 Å². The molecule has 1 aromatic rings. The zero-order valence-corrected chi connectivity index (χ0v) is 18.8. The van der Waals surface area contributed by atoms with Crippen molar-refractivity contribution in [2.24, 2.45) is 23.7 Å². The molecule has 1 heteroatoms. The van der Waals surface area contributed by atoms with Crippen LogP contribution in [0, 0.1) is 23.7 Å². The molecule has 3 unspecified atom stereocenters. The van der Waals surface area contributed by atoms with E-state index < -0.39 is 0 Å². The molecule has 0 aromatic heterocycles. The van der Waals surface area contributed by atoms with Crippen LogP contribution in [0.2, 0.25) is 0 Å². The second-order valence-corrected chi connectivity index (χ2v) is 9.85. The third-order valence-corrected chi connectivity index (χ3v) is 7.81. The van der Waals surface area contributed by atoms with Crippen molar-refractivity contribution in [3.63, 3.8) is 0 Å². The van der Waals surface area contributed by atoms with Gasteiger partial charge in [-0.15, -0.1) is 0 Å². The predicted molar refractivity (Wildman–Crippen MR) is 121 cm³/mol. The summed E-state index contributed by atoms with van der Waals surface area (Å²) in [5, 5.41) is 0. The highest BCUT2D eigenvalue weighted by atomic mass is 16.5. The quantitative estimate of drug-likeness (QED) is 0.388. The largest absolute Gasteiger partial charge is 0.494 e. The van der Waals surface area contributed by atoms with Crippen LogP contribution in [0.4, 0.5) is 0 Å². The average molecular weight is 385 g/mol. The van der Waals surface area contributed by atoms with Crippen LogP contribution in [0.25, 0.3) is 0 Å². The highest BCUT2D eigenvalue weighted by Crippen LogP contribution is 2.46. The molecule has 2 aliphatic carbocycles. The SMILES string of the molecule is CCCCOc1ccc(C2CCC(C3CCC(CCCC)CC3C)CC2)cc1. The lowest BCUT2D eigenvalue weighted by atomic mass is 9.64. The normalized spacial score (nSPS) is 30.9. The van der Waals surface area contributed by atoms with E-state index in [2.05, 4.69) is 45.0 Å². The first kappa shape index (κ1) is 21.7. The van der Waals surface area contributed by atoms with Crippen LogP contribution in [0.3, 0.4) is 0 Å². The number of ether oxygens (including phenoxy) is 1. The summed E-state index contributed by atoms with van der Waals surface area (Å²) < 4.78 is 5.83. The summed E-state index contributed by atoms with van der Waals surface area (Å²) in [5.41, 5.74) is 1.54. The van der Waals surface area contributed by atoms with E-state index in [4.69, 9.17) is 4.74 Å². The molecule has 2 aliphatic rings. The molecule has 0 amide bonds. The fourth-order valence-electron chi connectivity index (χ4n) is 6.04. The van der Waals surface area contributed by atoms with Gasteiger partial charge in [0.15, 0.2) is 0 Å². The molecule has 2 saturated carbocycles.